The number of hydrogen-bond donors (Lipinski definition) is 1. The minimum atomic E-state index is -0.717. The minimum Gasteiger partial charge on any atom is -0.480 e. The van der Waals surface area contributed by atoms with E-state index in [9.17, 15) is 4.79 Å². The van der Waals surface area contributed by atoms with Crippen molar-refractivity contribution in [3.63, 3.8) is 0 Å². The van der Waals surface area contributed by atoms with Crippen LogP contribution in [0, 0.1) is 0 Å². The van der Waals surface area contributed by atoms with Gasteiger partial charge in [0.05, 0.1) is 18.8 Å². The monoisotopic (exact) mass is 256 g/mol. The second-order valence-electron chi connectivity index (χ2n) is 5.64. The summed E-state index contributed by atoms with van der Waals surface area (Å²) < 4.78 is 5.72. The van der Waals surface area contributed by atoms with Gasteiger partial charge in [0.2, 0.25) is 0 Å². The highest BCUT2D eigenvalue weighted by Crippen LogP contribution is 2.20. The number of likely N-dealkylation sites (tertiary alicyclic amines) is 1. The molecule has 0 saturated carbocycles. The fourth-order valence-electron chi connectivity index (χ4n) is 3.22. The molecule has 2 aliphatic heterocycles. The molecule has 104 valence electrons. The quantitative estimate of drug-likeness (QED) is 0.800. The van der Waals surface area contributed by atoms with Gasteiger partial charge in [0.15, 0.2) is 0 Å². The van der Waals surface area contributed by atoms with Crippen molar-refractivity contribution in [2.45, 2.75) is 44.9 Å². The number of carbonyl (C=O) groups is 1. The van der Waals surface area contributed by atoms with Gasteiger partial charge < -0.3 is 9.84 Å². The minimum absolute atomic E-state index is 0.181. The van der Waals surface area contributed by atoms with E-state index in [1.54, 1.807) is 0 Å². The average molecular weight is 256 g/mol. The Kier molecular flexibility index (Phi) is 4.59. The summed E-state index contributed by atoms with van der Waals surface area (Å²) >= 11 is 0. The highest BCUT2D eigenvalue weighted by atomic mass is 16.5. The Morgan fingerprint density at radius 3 is 2.61 bits per heavy atom. The van der Waals surface area contributed by atoms with E-state index in [1.165, 1.54) is 0 Å². The van der Waals surface area contributed by atoms with Gasteiger partial charge in [-0.2, -0.15) is 0 Å². The normalized spacial score (nSPS) is 34.9. The van der Waals surface area contributed by atoms with Gasteiger partial charge in [-0.05, 0) is 33.2 Å². The predicted octanol–water partition coefficient (Wildman–Crippen LogP) is 0.645. The molecule has 5 nitrogen and oxygen atoms in total. The van der Waals surface area contributed by atoms with Gasteiger partial charge in [-0.25, -0.2) is 0 Å². The fraction of sp³-hybridized carbons (Fsp3) is 0.923. The molecule has 0 aromatic carbocycles. The van der Waals surface area contributed by atoms with E-state index >= 15 is 0 Å². The predicted molar refractivity (Wildman–Crippen MR) is 68.7 cm³/mol. The maximum absolute atomic E-state index is 10.8. The zero-order valence-electron chi connectivity index (χ0n) is 11.3. The lowest BCUT2D eigenvalue weighted by Gasteiger charge is -2.38. The molecule has 3 unspecified atom stereocenters. The second kappa shape index (κ2) is 5.99. The molecule has 0 radical (unpaired) electrons. The third-order valence-electron chi connectivity index (χ3n) is 3.80. The summed E-state index contributed by atoms with van der Waals surface area (Å²) in [4.78, 5) is 15.3. The highest BCUT2D eigenvalue weighted by molar-refractivity contribution is 5.69. The van der Waals surface area contributed by atoms with Crippen LogP contribution in [0.25, 0.3) is 0 Å². The molecule has 2 saturated heterocycles. The molecule has 0 amide bonds. The first-order valence-corrected chi connectivity index (χ1v) is 6.88. The van der Waals surface area contributed by atoms with Crippen LogP contribution in [-0.4, -0.2) is 71.8 Å². The van der Waals surface area contributed by atoms with Crippen molar-refractivity contribution in [3.8, 4) is 0 Å². The fourth-order valence-corrected chi connectivity index (χ4v) is 3.22. The zero-order chi connectivity index (χ0) is 13.1. The number of carboxylic acids is 1. The van der Waals surface area contributed by atoms with E-state index in [0.29, 0.717) is 6.04 Å². The van der Waals surface area contributed by atoms with Crippen LogP contribution >= 0.6 is 0 Å². The number of nitrogens with zero attached hydrogens (tertiary/aromatic N) is 2. The van der Waals surface area contributed by atoms with Crippen LogP contribution in [0.1, 0.15) is 26.7 Å². The Morgan fingerprint density at radius 2 is 2.00 bits per heavy atom. The Balaban J connectivity index is 1.85. The SMILES string of the molecule is CC1CN(CC2CCCN2CC(=O)O)CC(C)O1. The summed E-state index contributed by atoms with van der Waals surface area (Å²) in [5.41, 5.74) is 0. The average Bonchev–Trinajstić information content (AvgIpc) is 2.63. The largest absolute Gasteiger partial charge is 0.480 e. The van der Waals surface area contributed by atoms with Gasteiger partial charge in [-0.3, -0.25) is 14.6 Å². The van der Waals surface area contributed by atoms with Crippen molar-refractivity contribution in [3.05, 3.63) is 0 Å². The molecule has 1 N–H and O–H groups in total. The first kappa shape index (κ1) is 13.8. The standard InChI is InChI=1S/C13H24N2O3/c1-10-6-14(7-11(2)18-10)8-12-4-3-5-15(12)9-13(16)17/h10-12H,3-9H2,1-2H3,(H,16,17). The molecule has 5 heteroatoms. The van der Waals surface area contributed by atoms with Crippen LogP contribution in [0.5, 0.6) is 0 Å². The maximum Gasteiger partial charge on any atom is 0.317 e. The van der Waals surface area contributed by atoms with Crippen LogP contribution < -0.4 is 0 Å². The third kappa shape index (κ3) is 3.67. The smallest absolute Gasteiger partial charge is 0.317 e. The molecule has 0 spiro atoms. The van der Waals surface area contributed by atoms with Crippen molar-refractivity contribution in [2.75, 3.05) is 32.7 Å². The number of hydrogen-bond acceptors (Lipinski definition) is 4. The van der Waals surface area contributed by atoms with Gasteiger partial charge in [-0.15, -0.1) is 0 Å². The lowest BCUT2D eigenvalue weighted by molar-refractivity contribution is -0.138. The van der Waals surface area contributed by atoms with Crippen LogP contribution in [-0.2, 0) is 9.53 Å². The van der Waals surface area contributed by atoms with Gasteiger partial charge >= 0.3 is 5.97 Å². The summed E-state index contributed by atoms with van der Waals surface area (Å²) in [7, 11) is 0. The summed E-state index contributed by atoms with van der Waals surface area (Å²) in [6, 6.07) is 0.401. The van der Waals surface area contributed by atoms with Crippen LogP contribution in [0.2, 0.25) is 0 Å². The van der Waals surface area contributed by atoms with Crippen molar-refractivity contribution < 1.29 is 14.6 Å². The van der Waals surface area contributed by atoms with Gasteiger partial charge in [0, 0.05) is 25.7 Å². The molecule has 0 bridgehead atoms. The van der Waals surface area contributed by atoms with Crippen LogP contribution in [0.3, 0.4) is 0 Å². The first-order valence-electron chi connectivity index (χ1n) is 6.88. The zero-order valence-corrected chi connectivity index (χ0v) is 11.3. The number of aliphatic carboxylic acids is 1. The number of carboxylic acid groups (broad SMARTS) is 1. The van der Waals surface area contributed by atoms with E-state index in [-0.39, 0.29) is 18.8 Å². The summed E-state index contributed by atoms with van der Waals surface area (Å²) in [6.45, 7) is 8.21. The second-order valence-corrected chi connectivity index (χ2v) is 5.64. The van der Waals surface area contributed by atoms with Crippen molar-refractivity contribution >= 4 is 5.97 Å². The van der Waals surface area contributed by atoms with Crippen LogP contribution in [0.4, 0.5) is 0 Å². The summed E-state index contributed by atoms with van der Waals surface area (Å²) in [5.74, 6) is -0.717. The summed E-state index contributed by atoms with van der Waals surface area (Å²) in [6.07, 6.45) is 2.80. The molecule has 0 aromatic heterocycles. The van der Waals surface area contributed by atoms with Gasteiger partial charge in [-0.1, -0.05) is 0 Å². The molecule has 2 aliphatic rings. The van der Waals surface area contributed by atoms with Gasteiger partial charge in [0.1, 0.15) is 0 Å². The molecule has 2 rings (SSSR count). The molecule has 2 heterocycles. The topological polar surface area (TPSA) is 53.0 Å². The molecule has 3 atom stereocenters. The van der Waals surface area contributed by atoms with E-state index < -0.39 is 5.97 Å². The lowest BCUT2D eigenvalue weighted by atomic mass is 10.1. The lowest BCUT2D eigenvalue weighted by Crippen LogP contribution is -2.50. The van der Waals surface area contributed by atoms with E-state index in [4.69, 9.17) is 9.84 Å². The number of rotatable bonds is 4. The van der Waals surface area contributed by atoms with Crippen LogP contribution in [0.15, 0.2) is 0 Å². The Morgan fingerprint density at radius 1 is 1.33 bits per heavy atom. The number of morpholine rings is 1. The van der Waals surface area contributed by atoms with Crippen molar-refractivity contribution in [1.82, 2.24) is 9.80 Å². The maximum atomic E-state index is 10.8. The molecule has 18 heavy (non-hydrogen) atoms. The van der Waals surface area contributed by atoms with E-state index in [2.05, 4.69) is 23.6 Å². The molecular weight excluding hydrogens is 232 g/mol. The van der Waals surface area contributed by atoms with Crippen molar-refractivity contribution in [1.29, 1.82) is 0 Å². The third-order valence-corrected chi connectivity index (χ3v) is 3.80. The Bertz CT molecular complexity index is 288. The van der Waals surface area contributed by atoms with Gasteiger partial charge in [0.25, 0.3) is 0 Å². The molecule has 2 fully saturated rings. The molecule has 0 aromatic rings. The number of ether oxygens (including phenoxy) is 1. The Labute approximate surface area is 109 Å². The molecule has 0 aliphatic carbocycles. The first-order chi connectivity index (χ1) is 8.54. The highest BCUT2D eigenvalue weighted by Gasteiger charge is 2.30. The Hall–Kier alpha value is -0.650. The van der Waals surface area contributed by atoms with Crippen molar-refractivity contribution in [2.24, 2.45) is 0 Å². The summed E-state index contributed by atoms with van der Waals surface area (Å²) in [5, 5.41) is 8.91. The van der Waals surface area contributed by atoms with E-state index in [1.807, 2.05) is 0 Å². The molecular formula is C13H24N2O3. The van der Waals surface area contributed by atoms with E-state index in [0.717, 1.165) is 39.0 Å².